The number of nitrogen functional groups attached to an aromatic ring is 1. The Kier molecular flexibility index (Phi) is 5.04. The molecule has 1 fully saturated rings. The molecular formula is C17H19ClN6O4. The van der Waals surface area contributed by atoms with Gasteiger partial charge in [-0.1, -0.05) is 23.7 Å². The number of nitrogens with two attached hydrogens (primary N) is 1. The number of nitrogens with zero attached hydrogens (tertiary/aromatic N) is 4. The van der Waals surface area contributed by atoms with Gasteiger partial charge in [0, 0.05) is 11.6 Å². The van der Waals surface area contributed by atoms with Gasteiger partial charge in [0.25, 0.3) is 0 Å². The Morgan fingerprint density at radius 1 is 1.18 bits per heavy atom. The van der Waals surface area contributed by atoms with Crippen molar-refractivity contribution >= 4 is 34.5 Å². The molecule has 0 radical (unpaired) electrons. The summed E-state index contributed by atoms with van der Waals surface area (Å²) >= 11 is 5.91. The van der Waals surface area contributed by atoms with Crippen molar-refractivity contribution in [1.29, 1.82) is 0 Å². The second-order valence-corrected chi connectivity index (χ2v) is 6.88. The van der Waals surface area contributed by atoms with Crippen molar-refractivity contribution in [3.8, 4) is 0 Å². The lowest BCUT2D eigenvalue weighted by Gasteiger charge is -2.19. The summed E-state index contributed by atoms with van der Waals surface area (Å²) in [5.41, 5.74) is 7.53. The lowest BCUT2D eigenvalue weighted by molar-refractivity contribution is -0.0501. The Labute approximate surface area is 164 Å². The largest absolute Gasteiger partial charge is 0.394 e. The van der Waals surface area contributed by atoms with E-state index in [0.717, 1.165) is 5.56 Å². The molecule has 3 aromatic rings. The topological polar surface area (TPSA) is 152 Å². The van der Waals surface area contributed by atoms with E-state index >= 15 is 0 Å². The summed E-state index contributed by atoms with van der Waals surface area (Å²) in [6, 6.07) is 7.28. The van der Waals surface area contributed by atoms with Crippen molar-refractivity contribution in [3.05, 3.63) is 41.2 Å². The first kappa shape index (κ1) is 18.8. The summed E-state index contributed by atoms with van der Waals surface area (Å²) in [6.45, 7) is -0.0331. The summed E-state index contributed by atoms with van der Waals surface area (Å²) in [4.78, 5) is 12.6. The van der Waals surface area contributed by atoms with Gasteiger partial charge >= 0.3 is 0 Å². The standard InChI is InChI=1S/C17H19ClN6O4/c18-9-3-1-8(2-4-9)5-20-17-23-11-14(19)21-7-22-15(11)24(17)16-13(27)12(26)10(6-25)28-16/h1-4,7,10,12-13,16,25-27H,5-6H2,(H,20,23)(H2,19,21,22). The van der Waals surface area contributed by atoms with Crippen LogP contribution in [0.5, 0.6) is 0 Å². The number of rotatable bonds is 5. The van der Waals surface area contributed by atoms with Crippen LogP contribution < -0.4 is 11.1 Å². The van der Waals surface area contributed by atoms with Crippen LogP contribution in [0, 0.1) is 0 Å². The number of hydrogen-bond donors (Lipinski definition) is 5. The summed E-state index contributed by atoms with van der Waals surface area (Å²) in [5, 5.41) is 33.7. The maximum absolute atomic E-state index is 10.4. The first-order valence-electron chi connectivity index (χ1n) is 8.58. The zero-order valence-electron chi connectivity index (χ0n) is 14.6. The molecule has 0 amide bonds. The van der Waals surface area contributed by atoms with Crippen LogP contribution in [0.3, 0.4) is 0 Å². The van der Waals surface area contributed by atoms with Gasteiger partial charge in [-0.05, 0) is 17.7 Å². The molecule has 2 aromatic heterocycles. The number of ether oxygens (including phenoxy) is 1. The third-order valence-electron chi connectivity index (χ3n) is 4.64. The highest BCUT2D eigenvalue weighted by molar-refractivity contribution is 6.30. The van der Waals surface area contributed by atoms with Gasteiger partial charge in [-0.2, -0.15) is 0 Å². The van der Waals surface area contributed by atoms with E-state index in [0.29, 0.717) is 28.7 Å². The third kappa shape index (κ3) is 3.25. The van der Waals surface area contributed by atoms with Gasteiger partial charge in [-0.15, -0.1) is 0 Å². The number of hydrogen-bond acceptors (Lipinski definition) is 9. The Balaban J connectivity index is 1.72. The molecule has 28 heavy (non-hydrogen) atoms. The molecule has 6 N–H and O–H groups in total. The number of aromatic nitrogens is 4. The van der Waals surface area contributed by atoms with E-state index in [-0.39, 0.29) is 5.82 Å². The van der Waals surface area contributed by atoms with Crippen LogP contribution in [0.1, 0.15) is 11.8 Å². The fourth-order valence-corrected chi connectivity index (χ4v) is 3.29. The molecule has 1 aromatic carbocycles. The first-order chi connectivity index (χ1) is 13.5. The summed E-state index contributed by atoms with van der Waals surface area (Å²) in [5.74, 6) is 0.497. The van der Waals surface area contributed by atoms with Crippen LogP contribution in [-0.2, 0) is 11.3 Å². The Morgan fingerprint density at radius 3 is 2.61 bits per heavy atom. The van der Waals surface area contributed by atoms with E-state index in [2.05, 4.69) is 20.3 Å². The zero-order chi connectivity index (χ0) is 19.8. The molecule has 0 bridgehead atoms. The highest BCUT2D eigenvalue weighted by atomic mass is 35.5. The minimum atomic E-state index is -1.29. The van der Waals surface area contributed by atoms with Crippen molar-refractivity contribution in [2.45, 2.75) is 31.1 Å². The van der Waals surface area contributed by atoms with Crippen molar-refractivity contribution in [1.82, 2.24) is 19.5 Å². The molecular weight excluding hydrogens is 388 g/mol. The predicted molar refractivity (Wildman–Crippen MR) is 102 cm³/mol. The molecule has 4 atom stereocenters. The lowest BCUT2D eigenvalue weighted by atomic mass is 10.1. The van der Waals surface area contributed by atoms with Crippen LogP contribution >= 0.6 is 11.6 Å². The van der Waals surface area contributed by atoms with E-state index < -0.39 is 31.1 Å². The maximum atomic E-state index is 10.4. The van der Waals surface area contributed by atoms with Gasteiger partial charge in [0.15, 0.2) is 23.2 Å². The van der Waals surface area contributed by atoms with Gasteiger partial charge in [0.05, 0.1) is 6.61 Å². The number of anilines is 2. The van der Waals surface area contributed by atoms with Gasteiger partial charge in [-0.3, -0.25) is 4.57 Å². The molecule has 4 unspecified atom stereocenters. The van der Waals surface area contributed by atoms with Crippen LogP contribution in [0.25, 0.3) is 11.2 Å². The first-order valence-corrected chi connectivity index (χ1v) is 8.96. The van der Waals surface area contributed by atoms with E-state index in [1.54, 1.807) is 12.1 Å². The quantitative estimate of drug-likeness (QED) is 0.402. The van der Waals surface area contributed by atoms with Gasteiger partial charge in [0.1, 0.15) is 24.6 Å². The fourth-order valence-electron chi connectivity index (χ4n) is 3.17. The van der Waals surface area contributed by atoms with Crippen molar-refractivity contribution in [3.63, 3.8) is 0 Å². The number of halogens is 1. The molecule has 4 rings (SSSR count). The van der Waals surface area contributed by atoms with Gasteiger partial charge in [-0.25, -0.2) is 15.0 Å². The van der Waals surface area contributed by atoms with E-state index in [4.69, 9.17) is 22.1 Å². The van der Waals surface area contributed by atoms with Gasteiger partial charge < -0.3 is 31.1 Å². The minimum absolute atomic E-state index is 0.171. The molecule has 0 spiro atoms. The Morgan fingerprint density at radius 2 is 1.93 bits per heavy atom. The Hall–Kier alpha value is -2.50. The summed E-state index contributed by atoms with van der Waals surface area (Å²) < 4.78 is 7.16. The smallest absolute Gasteiger partial charge is 0.207 e. The van der Waals surface area contributed by atoms with E-state index in [9.17, 15) is 15.3 Å². The Bertz CT molecular complexity index is 982. The van der Waals surface area contributed by atoms with Gasteiger partial charge in [0.2, 0.25) is 5.95 Å². The average molecular weight is 407 g/mol. The van der Waals surface area contributed by atoms with Crippen LogP contribution in [0.2, 0.25) is 5.02 Å². The fraction of sp³-hybridized carbons (Fsp3) is 0.353. The number of aliphatic hydroxyl groups excluding tert-OH is 3. The van der Waals surface area contributed by atoms with Crippen LogP contribution in [-0.4, -0.2) is 59.8 Å². The number of benzene rings is 1. The highest BCUT2D eigenvalue weighted by Crippen LogP contribution is 2.35. The number of aliphatic hydroxyl groups is 3. The van der Waals surface area contributed by atoms with E-state index in [1.807, 2.05) is 12.1 Å². The molecule has 1 aliphatic rings. The number of imidazole rings is 1. The SMILES string of the molecule is Nc1ncnc2c1nc(NCc1ccc(Cl)cc1)n2C1OC(CO)C(O)C1O. The van der Waals surface area contributed by atoms with Crippen molar-refractivity contribution < 1.29 is 20.1 Å². The third-order valence-corrected chi connectivity index (χ3v) is 4.89. The predicted octanol–water partition coefficient (Wildman–Crippen LogP) is 0.285. The molecule has 148 valence electrons. The monoisotopic (exact) mass is 406 g/mol. The highest BCUT2D eigenvalue weighted by Gasteiger charge is 2.45. The second kappa shape index (κ2) is 7.49. The van der Waals surface area contributed by atoms with E-state index in [1.165, 1.54) is 10.9 Å². The zero-order valence-corrected chi connectivity index (χ0v) is 15.4. The molecule has 3 heterocycles. The van der Waals surface area contributed by atoms with Crippen LogP contribution in [0.15, 0.2) is 30.6 Å². The molecule has 1 saturated heterocycles. The lowest BCUT2D eigenvalue weighted by Crippen LogP contribution is -2.33. The number of nitrogens with one attached hydrogen (secondary N) is 1. The normalized spacial score (nSPS) is 24.7. The van der Waals surface area contributed by atoms with Crippen molar-refractivity contribution in [2.24, 2.45) is 0 Å². The molecule has 0 aliphatic carbocycles. The molecule has 11 heteroatoms. The second-order valence-electron chi connectivity index (χ2n) is 6.45. The summed E-state index contributed by atoms with van der Waals surface area (Å²) in [6.07, 6.45) is -3.21. The van der Waals surface area contributed by atoms with Crippen LogP contribution in [0.4, 0.5) is 11.8 Å². The molecule has 0 saturated carbocycles. The summed E-state index contributed by atoms with van der Waals surface area (Å²) in [7, 11) is 0. The number of fused-ring (bicyclic) bond motifs is 1. The molecule has 1 aliphatic heterocycles. The maximum Gasteiger partial charge on any atom is 0.207 e. The van der Waals surface area contributed by atoms with Crippen molar-refractivity contribution in [2.75, 3.05) is 17.7 Å². The minimum Gasteiger partial charge on any atom is -0.394 e. The average Bonchev–Trinajstić information content (AvgIpc) is 3.20. The molecule has 10 nitrogen and oxygen atoms in total.